The highest BCUT2D eigenvalue weighted by Crippen LogP contribution is 2.30. The van der Waals surface area contributed by atoms with Gasteiger partial charge in [0.2, 0.25) is 5.91 Å². The number of aromatic nitrogens is 3. The number of nitrogens with one attached hydrogen (secondary N) is 3. The molecule has 0 fully saturated rings. The number of amides is 1. The van der Waals surface area contributed by atoms with Gasteiger partial charge in [0, 0.05) is 38.5 Å². The Labute approximate surface area is 172 Å². The van der Waals surface area contributed by atoms with E-state index in [1.54, 1.807) is 0 Å². The van der Waals surface area contributed by atoms with Crippen LogP contribution in [0.1, 0.15) is 6.42 Å². The molecule has 6 nitrogen and oxygen atoms in total. The number of hydrogen-bond donors (Lipinski definition) is 3. The first-order valence-electron chi connectivity index (χ1n) is 8.31. The zero-order valence-corrected chi connectivity index (χ0v) is 17.3. The summed E-state index contributed by atoms with van der Waals surface area (Å²) in [7, 11) is 0. The summed E-state index contributed by atoms with van der Waals surface area (Å²) in [6, 6.07) is 13.5. The summed E-state index contributed by atoms with van der Waals surface area (Å²) in [5, 5.41) is 8.10. The lowest BCUT2D eigenvalue weighted by atomic mass is 10.2. The second-order valence-electron chi connectivity index (χ2n) is 5.99. The first kappa shape index (κ1) is 17.9. The Balaban J connectivity index is 1.46. The van der Waals surface area contributed by atoms with Crippen molar-refractivity contribution in [2.75, 3.05) is 17.2 Å². The Kier molecular flexibility index (Phi) is 5.09. The minimum atomic E-state index is -0.0574. The lowest BCUT2D eigenvalue weighted by Gasteiger charge is -2.08. The molecule has 1 amide bonds. The minimum absolute atomic E-state index is 0.0574. The van der Waals surface area contributed by atoms with Gasteiger partial charge in [-0.1, -0.05) is 37.9 Å². The number of H-pyrrole nitrogens is 1. The molecule has 0 unspecified atom stereocenters. The fraction of sp³-hybridized carbons (Fsp3) is 0.105. The predicted octanol–water partition coefficient (Wildman–Crippen LogP) is 5.08. The van der Waals surface area contributed by atoms with Crippen LogP contribution in [0.2, 0.25) is 0 Å². The van der Waals surface area contributed by atoms with Crippen LogP contribution in [0, 0.1) is 0 Å². The summed E-state index contributed by atoms with van der Waals surface area (Å²) >= 11 is 6.86. The zero-order chi connectivity index (χ0) is 18.8. The van der Waals surface area contributed by atoms with Crippen molar-refractivity contribution < 1.29 is 4.79 Å². The molecule has 2 aromatic carbocycles. The average Bonchev–Trinajstić information content (AvgIpc) is 3.02. The lowest BCUT2D eigenvalue weighted by molar-refractivity contribution is -0.115. The Morgan fingerprint density at radius 2 is 1.81 bits per heavy atom. The van der Waals surface area contributed by atoms with Crippen molar-refractivity contribution in [1.29, 1.82) is 0 Å². The molecule has 0 saturated carbocycles. The molecule has 8 heteroatoms. The molecule has 0 aliphatic carbocycles. The number of nitrogens with zero attached hydrogens (tertiary/aromatic N) is 2. The van der Waals surface area contributed by atoms with E-state index < -0.39 is 0 Å². The van der Waals surface area contributed by atoms with Crippen LogP contribution in [0.3, 0.4) is 0 Å². The Hall–Kier alpha value is -2.45. The predicted molar refractivity (Wildman–Crippen MR) is 115 cm³/mol. The van der Waals surface area contributed by atoms with Crippen molar-refractivity contribution in [2.24, 2.45) is 0 Å². The fourth-order valence-corrected chi connectivity index (χ4v) is 3.51. The molecule has 0 atom stereocenters. The molecule has 0 saturated heterocycles. The molecule has 136 valence electrons. The maximum atomic E-state index is 12.1. The van der Waals surface area contributed by atoms with E-state index >= 15 is 0 Å². The first-order valence-corrected chi connectivity index (χ1v) is 9.90. The van der Waals surface area contributed by atoms with Crippen LogP contribution >= 0.6 is 31.9 Å². The van der Waals surface area contributed by atoms with Crippen molar-refractivity contribution in [3.63, 3.8) is 0 Å². The lowest BCUT2D eigenvalue weighted by Crippen LogP contribution is -2.16. The first-order chi connectivity index (χ1) is 13.1. The van der Waals surface area contributed by atoms with Crippen molar-refractivity contribution >= 4 is 71.2 Å². The topological polar surface area (TPSA) is 82.7 Å². The van der Waals surface area contributed by atoms with Gasteiger partial charge >= 0.3 is 0 Å². The second kappa shape index (κ2) is 7.66. The van der Waals surface area contributed by atoms with E-state index in [0.717, 1.165) is 36.6 Å². The third kappa shape index (κ3) is 3.96. The highest BCUT2D eigenvalue weighted by molar-refractivity contribution is 9.10. The van der Waals surface area contributed by atoms with Gasteiger partial charge in [-0.05, 0) is 36.4 Å². The van der Waals surface area contributed by atoms with Crippen LogP contribution in [0.4, 0.5) is 11.5 Å². The van der Waals surface area contributed by atoms with Crippen LogP contribution in [0.25, 0.3) is 21.9 Å². The van der Waals surface area contributed by atoms with E-state index in [0.29, 0.717) is 18.8 Å². The Bertz CT molecular complexity index is 1120. The summed E-state index contributed by atoms with van der Waals surface area (Å²) in [4.78, 5) is 24.1. The molecule has 2 aromatic heterocycles. The third-order valence-corrected chi connectivity index (χ3v) is 5.15. The summed E-state index contributed by atoms with van der Waals surface area (Å²) in [6.07, 6.45) is 1.84. The monoisotopic (exact) mass is 487 g/mol. The van der Waals surface area contributed by atoms with Gasteiger partial charge in [0.1, 0.15) is 17.8 Å². The summed E-state index contributed by atoms with van der Waals surface area (Å²) in [6.45, 7) is 0.470. The van der Waals surface area contributed by atoms with E-state index in [4.69, 9.17) is 0 Å². The number of carbonyl (C=O) groups is 1. The number of halogens is 2. The van der Waals surface area contributed by atoms with Gasteiger partial charge < -0.3 is 15.6 Å². The molecule has 3 N–H and O–H groups in total. The molecular formula is C19H15Br2N5O. The molecule has 0 aliphatic heterocycles. The molecule has 2 heterocycles. The third-order valence-electron chi connectivity index (χ3n) is 4.12. The van der Waals surface area contributed by atoms with Crippen LogP contribution < -0.4 is 10.6 Å². The summed E-state index contributed by atoms with van der Waals surface area (Å²) in [5.74, 6) is 0.656. The molecule has 27 heavy (non-hydrogen) atoms. The van der Waals surface area contributed by atoms with Crippen molar-refractivity contribution in [2.45, 2.75) is 6.42 Å². The van der Waals surface area contributed by atoms with E-state index in [1.807, 2.05) is 42.5 Å². The molecule has 4 rings (SSSR count). The molecule has 4 aromatic rings. The molecule has 0 radical (unpaired) electrons. The number of carbonyl (C=O) groups excluding carboxylic acids is 1. The van der Waals surface area contributed by atoms with Crippen molar-refractivity contribution in [3.8, 4) is 0 Å². The van der Waals surface area contributed by atoms with Gasteiger partial charge in [-0.15, -0.1) is 0 Å². The van der Waals surface area contributed by atoms with Gasteiger partial charge in [-0.25, -0.2) is 9.97 Å². The molecule has 0 spiro atoms. The molecular weight excluding hydrogens is 474 g/mol. The quantitative estimate of drug-likeness (QED) is 0.366. The maximum Gasteiger partial charge on any atom is 0.226 e. The summed E-state index contributed by atoms with van der Waals surface area (Å²) < 4.78 is 1.97. The SMILES string of the molecule is O=C(CCNc1ncnc2[nH]c3cc(Br)ccc3c12)Nc1ccc(Br)cc1. The van der Waals surface area contributed by atoms with Gasteiger partial charge in [-0.2, -0.15) is 0 Å². The Morgan fingerprint density at radius 1 is 1.04 bits per heavy atom. The van der Waals surface area contributed by atoms with Gasteiger partial charge in [-0.3, -0.25) is 4.79 Å². The summed E-state index contributed by atoms with van der Waals surface area (Å²) in [5.41, 5.74) is 2.52. The van der Waals surface area contributed by atoms with Crippen molar-refractivity contribution in [1.82, 2.24) is 15.0 Å². The smallest absolute Gasteiger partial charge is 0.226 e. The van der Waals surface area contributed by atoms with Gasteiger partial charge in [0.05, 0.1) is 5.39 Å². The van der Waals surface area contributed by atoms with E-state index in [-0.39, 0.29) is 5.91 Å². The minimum Gasteiger partial charge on any atom is -0.369 e. The number of aromatic amines is 1. The number of rotatable bonds is 5. The maximum absolute atomic E-state index is 12.1. The average molecular weight is 489 g/mol. The van der Waals surface area contributed by atoms with Crippen LogP contribution in [0.15, 0.2) is 57.7 Å². The number of fused-ring (bicyclic) bond motifs is 3. The van der Waals surface area contributed by atoms with Crippen LogP contribution in [0.5, 0.6) is 0 Å². The van der Waals surface area contributed by atoms with Crippen molar-refractivity contribution in [3.05, 3.63) is 57.7 Å². The van der Waals surface area contributed by atoms with E-state index in [1.165, 1.54) is 6.33 Å². The largest absolute Gasteiger partial charge is 0.369 e. The zero-order valence-electron chi connectivity index (χ0n) is 14.1. The normalized spacial score (nSPS) is 11.0. The molecule has 0 aliphatic rings. The Morgan fingerprint density at radius 3 is 2.63 bits per heavy atom. The molecule has 0 bridgehead atoms. The fourth-order valence-electron chi connectivity index (χ4n) is 2.89. The number of hydrogen-bond acceptors (Lipinski definition) is 4. The van der Waals surface area contributed by atoms with Crippen LogP contribution in [-0.2, 0) is 4.79 Å². The standard InChI is InChI=1S/C19H15Br2N5O/c20-11-1-4-13(5-2-11)25-16(27)7-8-22-18-17-14-6-3-12(21)9-15(14)26-19(17)24-10-23-18/h1-6,9-10H,7-8H2,(H,25,27)(H2,22,23,24,26). The van der Waals surface area contributed by atoms with E-state index in [2.05, 4.69) is 57.4 Å². The number of benzene rings is 2. The highest BCUT2D eigenvalue weighted by atomic mass is 79.9. The van der Waals surface area contributed by atoms with Gasteiger partial charge in [0.25, 0.3) is 0 Å². The van der Waals surface area contributed by atoms with Gasteiger partial charge in [0.15, 0.2) is 0 Å². The van der Waals surface area contributed by atoms with E-state index in [9.17, 15) is 4.79 Å². The van der Waals surface area contributed by atoms with Crippen LogP contribution in [-0.4, -0.2) is 27.4 Å². The number of anilines is 2. The highest BCUT2D eigenvalue weighted by Gasteiger charge is 2.11. The second-order valence-corrected chi connectivity index (χ2v) is 7.82.